The van der Waals surface area contributed by atoms with Gasteiger partial charge in [-0.05, 0) is 19.1 Å². The summed E-state index contributed by atoms with van der Waals surface area (Å²) in [5, 5.41) is 6.89. The molecule has 0 unspecified atom stereocenters. The van der Waals surface area contributed by atoms with Crippen molar-refractivity contribution in [2.75, 3.05) is 0 Å². The molecular formula is C9H15N3. The molecule has 0 saturated heterocycles. The quantitative estimate of drug-likeness (QED) is 0.651. The SMILES string of the molecule is CC.Cc1[nH]nc2cccnc12.[HH]. The highest BCUT2D eigenvalue weighted by atomic mass is 15.1. The highest BCUT2D eigenvalue weighted by molar-refractivity contribution is 5.75. The van der Waals surface area contributed by atoms with E-state index in [9.17, 15) is 0 Å². The Balaban J connectivity index is 0.000000451. The van der Waals surface area contributed by atoms with Gasteiger partial charge in [-0.15, -0.1) is 0 Å². The highest BCUT2D eigenvalue weighted by Gasteiger charge is 1.98. The molecule has 0 atom stereocenters. The Bertz CT molecular complexity index is 356. The largest absolute Gasteiger partial charge is 0.280 e. The van der Waals surface area contributed by atoms with Crippen LogP contribution >= 0.6 is 0 Å². The fourth-order valence-electron chi connectivity index (χ4n) is 0.973. The van der Waals surface area contributed by atoms with Crippen LogP contribution in [0.3, 0.4) is 0 Å². The average Bonchev–Trinajstić information content (AvgIpc) is 2.53. The van der Waals surface area contributed by atoms with Crippen LogP contribution in [0.4, 0.5) is 0 Å². The van der Waals surface area contributed by atoms with Crippen molar-refractivity contribution >= 4 is 11.0 Å². The monoisotopic (exact) mass is 165 g/mol. The van der Waals surface area contributed by atoms with Crippen molar-refractivity contribution in [2.24, 2.45) is 0 Å². The summed E-state index contributed by atoms with van der Waals surface area (Å²) in [7, 11) is 0. The molecule has 3 heteroatoms. The average molecular weight is 165 g/mol. The van der Waals surface area contributed by atoms with Gasteiger partial charge in [-0.25, -0.2) is 0 Å². The van der Waals surface area contributed by atoms with Crippen LogP contribution in [0.25, 0.3) is 11.0 Å². The molecule has 0 spiro atoms. The summed E-state index contributed by atoms with van der Waals surface area (Å²) < 4.78 is 0. The number of H-pyrrole nitrogens is 1. The molecular weight excluding hydrogens is 150 g/mol. The van der Waals surface area contributed by atoms with Crippen LogP contribution in [0.2, 0.25) is 0 Å². The van der Waals surface area contributed by atoms with E-state index in [1.807, 2.05) is 32.9 Å². The number of aromatic amines is 1. The lowest BCUT2D eigenvalue weighted by Gasteiger charge is -1.83. The molecule has 0 amide bonds. The summed E-state index contributed by atoms with van der Waals surface area (Å²) in [6.45, 7) is 5.96. The number of hydrogen-bond donors (Lipinski definition) is 1. The Kier molecular flexibility index (Phi) is 2.80. The maximum atomic E-state index is 4.15. The van der Waals surface area contributed by atoms with Crippen LogP contribution in [0.1, 0.15) is 21.0 Å². The minimum atomic E-state index is 0. The number of fused-ring (bicyclic) bond motifs is 1. The number of aromatic nitrogens is 3. The Hall–Kier alpha value is -1.38. The summed E-state index contributed by atoms with van der Waals surface area (Å²) in [6.07, 6.45) is 1.77. The lowest BCUT2D eigenvalue weighted by molar-refractivity contribution is 1.07. The first-order valence-electron chi connectivity index (χ1n) is 4.13. The third-order valence-electron chi connectivity index (χ3n) is 1.49. The van der Waals surface area contributed by atoms with Crippen LogP contribution in [0.15, 0.2) is 18.3 Å². The summed E-state index contributed by atoms with van der Waals surface area (Å²) in [6, 6.07) is 3.81. The van der Waals surface area contributed by atoms with Crippen molar-refractivity contribution in [3.8, 4) is 0 Å². The standard InChI is InChI=1S/C7H7N3.C2H6.H2/c1-5-7-6(10-9-5)3-2-4-8-7;1-2;/h2-4H,1H3,(H,9,10);1-2H3;1H. The van der Waals surface area contributed by atoms with E-state index in [0.29, 0.717) is 0 Å². The molecule has 2 aromatic heterocycles. The maximum absolute atomic E-state index is 4.15. The smallest absolute Gasteiger partial charge is 0.111 e. The fraction of sp³-hybridized carbons (Fsp3) is 0.333. The Labute approximate surface area is 73.3 Å². The van der Waals surface area contributed by atoms with Gasteiger partial charge in [0, 0.05) is 7.62 Å². The third-order valence-corrected chi connectivity index (χ3v) is 1.49. The zero-order chi connectivity index (χ0) is 8.97. The van der Waals surface area contributed by atoms with Gasteiger partial charge in [0.2, 0.25) is 0 Å². The second-order valence-corrected chi connectivity index (χ2v) is 2.22. The van der Waals surface area contributed by atoms with Gasteiger partial charge in [-0.1, -0.05) is 13.8 Å². The van der Waals surface area contributed by atoms with Gasteiger partial charge in [-0.3, -0.25) is 10.1 Å². The van der Waals surface area contributed by atoms with Crippen LogP contribution in [-0.2, 0) is 0 Å². The predicted molar refractivity (Wildman–Crippen MR) is 52.1 cm³/mol. The van der Waals surface area contributed by atoms with Gasteiger partial charge >= 0.3 is 0 Å². The summed E-state index contributed by atoms with van der Waals surface area (Å²) in [4.78, 5) is 4.15. The van der Waals surface area contributed by atoms with Gasteiger partial charge in [0.15, 0.2) is 0 Å². The summed E-state index contributed by atoms with van der Waals surface area (Å²) in [5.74, 6) is 0. The minimum Gasteiger partial charge on any atom is -0.280 e. The van der Waals surface area contributed by atoms with Crippen LogP contribution in [-0.4, -0.2) is 15.2 Å². The van der Waals surface area contributed by atoms with Crippen molar-refractivity contribution < 1.29 is 1.43 Å². The first kappa shape index (κ1) is 8.71. The molecule has 0 aliphatic heterocycles. The van der Waals surface area contributed by atoms with Gasteiger partial charge in [0.25, 0.3) is 0 Å². The number of aryl methyl sites for hydroxylation is 1. The molecule has 0 fully saturated rings. The zero-order valence-corrected chi connectivity index (χ0v) is 7.63. The minimum absolute atomic E-state index is 0. The van der Waals surface area contributed by atoms with Crippen LogP contribution in [0, 0.1) is 6.92 Å². The molecule has 2 rings (SSSR count). The Morgan fingerprint density at radius 3 is 2.83 bits per heavy atom. The molecule has 2 heterocycles. The van der Waals surface area contributed by atoms with Gasteiger partial charge in [-0.2, -0.15) is 5.10 Å². The van der Waals surface area contributed by atoms with Crippen LogP contribution in [0.5, 0.6) is 0 Å². The molecule has 0 aliphatic carbocycles. The van der Waals surface area contributed by atoms with E-state index in [2.05, 4.69) is 15.2 Å². The lowest BCUT2D eigenvalue weighted by Crippen LogP contribution is -1.73. The number of hydrogen-bond acceptors (Lipinski definition) is 2. The second-order valence-electron chi connectivity index (χ2n) is 2.22. The van der Waals surface area contributed by atoms with E-state index in [-0.39, 0.29) is 1.43 Å². The van der Waals surface area contributed by atoms with E-state index >= 15 is 0 Å². The maximum Gasteiger partial charge on any atom is 0.111 e. The lowest BCUT2D eigenvalue weighted by atomic mass is 10.3. The van der Waals surface area contributed by atoms with Crippen molar-refractivity contribution in [1.82, 2.24) is 15.2 Å². The Morgan fingerprint density at radius 1 is 1.42 bits per heavy atom. The molecule has 1 N–H and O–H groups in total. The zero-order valence-electron chi connectivity index (χ0n) is 7.63. The number of rotatable bonds is 0. The first-order chi connectivity index (χ1) is 5.88. The predicted octanol–water partition coefficient (Wildman–Crippen LogP) is 2.54. The highest BCUT2D eigenvalue weighted by Crippen LogP contribution is 2.09. The van der Waals surface area contributed by atoms with Crippen LogP contribution < -0.4 is 0 Å². The molecule has 0 aromatic carbocycles. The van der Waals surface area contributed by atoms with Crippen molar-refractivity contribution in [1.29, 1.82) is 0 Å². The number of nitrogens with zero attached hydrogens (tertiary/aromatic N) is 2. The first-order valence-corrected chi connectivity index (χ1v) is 4.13. The molecule has 0 saturated carbocycles. The van der Waals surface area contributed by atoms with Gasteiger partial charge in [0.05, 0.1) is 5.69 Å². The molecule has 0 aliphatic rings. The fourth-order valence-corrected chi connectivity index (χ4v) is 0.973. The van der Waals surface area contributed by atoms with Crippen molar-refractivity contribution in [2.45, 2.75) is 20.8 Å². The molecule has 0 radical (unpaired) electrons. The van der Waals surface area contributed by atoms with Crippen molar-refractivity contribution in [3.63, 3.8) is 0 Å². The van der Waals surface area contributed by atoms with Gasteiger partial charge in [0.1, 0.15) is 11.0 Å². The Morgan fingerprint density at radius 2 is 2.17 bits per heavy atom. The van der Waals surface area contributed by atoms with Gasteiger partial charge < -0.3 is 0 Å². The van der Waals surface area contributed by atoms with Crippen molar-refractivity contribution in [3.05, 3.63) is 24.0 Å². The molecule has 3 nitrogen and oxygen atoms in total. The topological polar surface area (TPSA) is 41.6 Å². The van der Waals surface area contributed by atoms with E-state index in [4.69, 9.17) is 0 Å². The third kappa shape index (κ3) is 1.44. The van der Waals surface area contributed by atoms with E-state index in [1.165, 1.54) is 0 Å². The second kappa shape index (κ2) is 3.85. The number of nitrogens with one attached hydrogen (secondary N) is 1. The molecule has 2 aromatic rings. The molecule has 66 valence electrons. The molecule has 12 heavy (non-hydrogen) atoms. The summed E-state index contributed by atoms with van der Waals surface area (Å²) in [5.41, 5.74) is 2.91. The normalized spacial score (nSPS) is 9.25. The summed E-state index contributed by atoms with van der Waals surface area (Å²) >= 11 is 0. The van der Waals surface area contributed by atoms with E-state index < -0.39 is 0 Å². The number of pyridine rings is 1. The molecule has 0 bridgehead atoms. The van der Waals surface area contributed by atoms with E-state index in [0.717, 1.165) is 16.7 Å². The van der Waals surface area contributed by atoms with E-state index in [1.54, 1.807) is 6.20 Å².